The summed E-state index contributed by atoms with van der Waals surface area (Å²) in [7, 11) is -4.12. The van der Waals surface area contributed by atoms with E-state index in [9.17, 15) is 18.0 Å². The van der Waals surface area contributed by atoms with Crippen LogP contribution in [0.25, 0.3) is 0 Å². The van der Waals surface area contributed by atoms with E-state index in [1.165, 1.54) is 17.0 Å². The van der Waals surface area contributed by atoms with E-state index < -0.39 is 28.5 Å². The van der Waals surface area contributed by atoms with Gasteiger partial charge in [-0.3, -0.25) is 13.9 Å². The summed E-state index contributed by atoms with van der Waals surface area (Å²) in [5.74, 6) is -0.859. The lowest BCUT2D eigenvalue weighted by Gasteiger charge is -2.33. The van der Waals surface area contributed by atoms with Crippen molar-refractivity contribution in [1.82, 2.24) is 10.2 Å². The molecule has 0 saturated heterocycles. The molecule has 1 N–H and O–H groups in total. The average molecular weight is 605 g/mol. The fraction of sp³-hybridized carbons (Fsp3) is 0.333. The van der Waals surface area contributed by atoms with Crippen molar-refractivity contribution in [2.24, 2.45) is 0 Å². The highest BCUT2D eigenvalue weighted by molar-refractivity contribution is 7.92. The Bertz CT molecular complexity index is 1440. The van der Waals surface area contributed by atoms with Crippen LogP contribution in [0.4, 0.5) is 5.69 Å². The smallest absolute Gasteiger partial charge is 0.264 e. The molecule has 2 amide bonds. The van der Waals surface area contributed by atoms with Crippen molar-refractivity contribution in [3.8, 4) is 0 Å². The van der Waals surface area contributed by atoms with Crippen LogP contribution in [-0.2, 0) is 26.2 Å². The molecule has 0 radical (unpaired) electrons. The molecule has 0 aliphatic rings. The molecule has 0 unspecified atom stereocenters. The Morgan fingerprint density at radius 1 is 0.875 bits per heavy atom. The summed E-state index contributed by atoms with van der Waals surface area (Å²) >= 11 is 12.3. The number of amides is 2. The molecule has 0 fully saturated rings. The number of hydrogen-bond acceptors (Lipinski definition) is 4. The van der Waals surface area contributed by atoms with Crippen LogP contribution in [0.5, 0.6) is 0 Å². The molecule has 0 aliphatic heterocycles. The molecule has 0 spiro atoms. The van der Waals surface area contributed by atoms with Crippen LogP contribution in [0.2, 0.25) is 10.0 Å². The third-order valence-electron chi connectivity index (χ3n) is 6.36. The molecule has 214 valence electrons. The molecule has 0 saturated carbocycles. The van der Waals surface area contributed by atoms with E-state index in [4.69, 9.17) is 23.2 Å². The van der Waals surface area contributed by atoms with Crippen LogP contribution in [0.15, 0.2) is 71.6 Å². The lowest BCUT2D eigenvalue weighted by Crippen LogP contribution is -2.53. The number of benzene rings is 3. The topological polar surface area (TPSA) is 86.8 Å². The van der Waals surface area contributed by atoms with Gasteiger partial charge in [0.15, 0.2) is 0 Å². The van der Waals surface area contributed by atoms with E-state index in [1.54, 1.807) is 61.5 Å². The Balaban J connectivity index is 2.07. The van der Waals surface area contributed by atoms with Crippen molar-refractivity contribution in [2.45, 2.75) is 64.6 Å². The van der Waals surface area contributed by atoms with Gasteiger partial charge in [-0.25, -0.2) is 8.42 Å². The molecule has 1 atom stereocenters. The van der Waals surface area contributed by atoms with Gasteiger partial charge in [-0.1, -0.05) is 71.6 Å². The SMILES string of the molecule is CC[C@@H](C(=O)NC(C)C)N(Cc1ccc(Cl)c(Cl)c1)C(=O)CN(c1ccc(C)cc1)S(=O)(=O)c1ccc(C)cc1. The number of rotatable bonds is 11. The first-order chi connectivity index (χ1) is 18.8. The highest BCUT2D eigenvalue weighted by Gasteiger charge is 2.34. The highest BCUT2D eigenvalue weighted by atomic mass is 35.5. The summed E-state index contributed by atoms with van der Waals surface area (Å²) in [5, 5.41) is 3.55. The Hall–Kier alpha value is -3.07. The molecule has 0 aromatic heterocycles. The quantitative estimate of drug-likeness (QED) is 0.285. The first-order valence-corrected chi connectivity index (χ1v) is 15.2. The number of hydrogen-bond donors (Lipinski definition) is 1. The van der Waals surface area contributed by atoms with Crippen molar-refractivity contribution in [3.05, 3.63) is 93.5 Å². The van der Waals surface area contributed by atoms with E-state index in [2.05, 4.69) is 5.32 Å². The monoisotopic (exact) mass is 603 g/mol. The van der Waals surface area contributed by atoms with Crippen molar-refractivity contribution in [1.29, 1.82) is 0 Å². The van der Waals surface area contributed by atoms with Crippen LogP contribution in [0, 0.1) is 13.8 Å². The van der Waals surface area contributed by atoms with Gasteiger partial charge in [0.2, 0.25) is 11.8 Å². The van der Waals surface area contributed by atoms with Crippen molar-refractivity contribution >= 4 is 50.7 Å². The molecule has 0 aliphatic carbocycles. The lowest BCUT2D eigenvalue weighted by molar-refractivity contribution is -0.140. The summed E-state index contributed by atoms with van der Waals surface area (Å²) in [6.07, 6.45) is 0.320. The van der Waals surface area contributed by atoms with Gasteiger partial charge in [0.1, 0.15) is 12.6 Å². The van der Waals surface area contributed by atoms with Crippen molar-refractivity contribution < 1.29 is 18.0 Å². The lowest BCUT2D eigenvalue weighted by atomic mass is 10.1. The minimum atomic E-state index is -4.12. The number of aryl methyl sites for hydroxylation is 2. The third kappa shape index (κ3) is 7.77. The van der Waals surface area contributed by atoms with E-state index in [-0.39, 0.29) is 23.4 Å². The first-order valence-electron chi connectivity index (χ1n) is 13.0. The average Bonchev–Trinajstić information content (AvgIpc) is 2.89. The Kier molecular flexibility index (Phi) is 10.6. The van der Waals surface area contributed by atoms with Gasteiger partial charge >= 0.3 is 0 Å². The van der Waals surface area contributed by atoms with Gasteiger partial charge in [-0.15, -0.1) is 0 Å². The van der Waals surface area contributed by atoms with Gasteiger partial charge < -0.3 is 10.2 Å². The number of anilines is 1. The maximum Gasteiger partial charge on any atom is 0.264 e. The zero-order chi connectivity index (χ0) is 29.6. The standard InChI is InChI=1S/C30H35Cl2N3O4S/c1-6-28(30(37)33-20(2)3)34(18-23-11-16-26(31)27(32)17-23)29(36)19-35(24-12-7-21(4)8-13-24)40(38,39)25-14-9-22(5)10-15-25/h7-17,20,28H,6,18-19H2,1-5H3,(H,33,37)/t28-/m0/s1. The molecule has 3 aromatic carbocycles. The second-order valence-electron chi connectivity index (χ2n) is 10.0. The number of nitrogens with zero attached hydrogens (tertiary/aromatic N) is 2. The van der Waals surface area contributed by atoms with Crippen molar-refractivity contribution in [3.63, 3.8) is 0 Å². The normalized spacial score (nSPS) is 12.2. The van der Waals surface area contributed by atoms with E-state index in [1.807, 2.05) is 27.7 Å². The van der Waals surface area contributed by atoms with E-state index in [0.717, 1.165) is 15.4 Å². The largest absolute Gasteiger partial charge is 0.352 e. The number of sulfonamides is 1. The molecule has 0 bridgehead atoms. The minimum Gasteiger partial charge on any atom is -0.352 e. The van der Waals surface area contributed by atoms with Gasteiger partial charge in [0, 0.05) is 12.6 Å². The molecular weight excluding hydrogens is 569 g/mol. The first kappa shape index (κ1) is 31.5. The van der Waals surface area contributed by atoms with Gasteiger partial charge in [-0.05, 0) is 76.1 Å². The van der Waals surface area contributed by atoms with Crippen LogP contribution < -0.4 is 9.62 Å². The maximum absolute atomic E-state index is 14.1. The van der Waals surface area contributed by atoms with Crippen LogP contribution in [0.3, 0.4) is 0 Å². The van der Waals surface area contributed by atoms with Gasteiger partial charge in [-0.2, -0.15) is 0 Å². The van der Waals surface area contributed by atoms with Crippen molar-refractivity contribution in [2.75, 3.05) is 10.8 Å². The number of carbonyl (C=O) groups is 2. The summed E-state index contributed by atoms with van der Waals surface area (Å²) in [5.41, 5.74) is 2.85. The summed E-state index contributed by atoms with van der Waals surface area (Å²) in [6, 6.07) is 17.4. The second kappa shape index (κ2) is 13.5. The van der Waals surface area contributed by atoms with Crippen LogP contribution in [-0.4, -0.2) is 43.8 Å². The van der Waals surface area contributed by atoms with E-state index in [0.29, 0.717) is 27.7 Å². The fourth-order valence-corrected chi connectivity index (χ4v) is 5.95. The van der Waals surface area contributed by atoms with Gasteiger partial charge in [0.25, 0.3) is 10.0 Å². The molecule has 3 aromatic rings. The Morgan fingerprint density at radius 3 is 1.98 bits per heavy atom. The zero-order valence-corrected chi connectivity index (χ0v) is 25.6. The minimum absolute atomic E-state index is 0.0338. The molecule has 40 heavy (non-hydrogen) atoms. The molecule has 7 nitrogen and oxygen atoms in total. The zero-order valence-electron chi connectivity index (χ0n) is 23.3. The molecule has 0 heterocycles. The molecule has 10 heteroatoms. The Morgan fingerprint density at radius 2 is 1.45 bits per heavy atom. The van der Waals surface area contributed by atoms with Crippen LogP contribution in [0.1, 0.15) is 43.9 Å². The molecular formula is C30H35Cl2N3O4S. The number of carbonyl (C=O) groups excluding carboxylic acids is 2. The highest BCUT2D eigenvalue weighted by Crippen LogP contribution is 2.27. The summed E-state index contributed by atoms with van der Waals surface area (Å²) in [6.45, 7) is 8.77. The number of nitrogens with one attached hydrogen (secondary N) is 1. The third-order valence-corrected chi connectivity index (χ3v) is 8.89. The second-order valence-corrected chi connectivity index (χ2v) is 12.7. The fourth-order valence-electron chi connectivity index (χ4n) is 4.21. The Labute approximate surface area is 247 Å². The maximum atomic E-state index is 14.1. The molecule has 3 rings (SSSR count). The summed E-state index contributed by atoms with van der Waals surface area (Å²) in [4.78, 5) is 28.7. The number of halogens is 2. The van der Waals surface area contributed by atoms with E-state index >= 15 is 0 Å². The predicted octanol–water partition coefficient (Wildman–Crippen LogP) is 6.14. The van der Waals surface area contributed by atoms with Gasteiger partial charge in [0.05, 0.1) is 20.6 Å². The predicted molar refractivity (Wildman–Crippen MR) is 161 cm³/mol. The summed E-state index contributed by atoms with van der Waals surface area (Å²) < 4.78 is 28.9. The van der Waals surface area contributed by atoms with Crippen LogP contribution >= 0.6 is 23.2 Å².